The van der Waals surface area contributed by atoms with Crippen LogP contribution in [-0.2, 0) is 11.2 Å². The lowest BCUT2D eigenvalue weighted by Gasteiger charge is -2.45. The van der Waals surface area contributed by atoms with Crippen LogP contribution >= 0.6 is 0 Å². The molecule has 1 saturated carbocycles. The molecule has 1 fully saturated rings. The number of benzene rings is 2. The van der Waals surface area contributed by atoms with Crippen LogP contribution in [0.1, 0.15) is 77.5 Å². The van der Waals surface area contributed by atoms with Crippen molar-refractivity contribution < 1.29 is 9.59 Å². The van der Waals surface area contributed by atoms with Gasteiger partial charge in [-0.15, -0.1) is 0 Å². The summed E-state index contributed by atoms with van der Waals surface area (Å²) in [7, 11) is 0. The van der Waals surface area contributed by atoms with Crippen LogP contribution in [0.3, 0.4) is 0 Å². The minimum absolute atomic E-state index is 0.0543. The Bertz CT molecular complexity index is 930. The summed E-state index contributed by atoms with van der Waals surface area (Å²) in [6.45, 7) is 0.669. The van der Waals surface area contributed by atoms with E-state index in [-0.39, 0.29) is 29.8 Å². The second kappa shape index (κ2) is 7.66. The number of nitrogens with zero attached hydrogens (tertiary/aromatic N) is 1. The van der Waals surface area contributed by atoms with Gasteiger partial charge >= 0.3 is 0 Å². The van der Waals surface area contributed by atoms with Gasteiger partial charge in [0.05, 0.1) is 12.0 Å². The van der Waals surface area contributed by atoms with Crippen molar-refractivity contribution in [1.82, 2.24) is 10.2 Å². The number of carbonyl (C=O) groups is 2. The highest BCUT2D eigenvalue weighted by molar-refractivity contribution is 6.01. The molecule has 3 aliphatic rings. The summed E-state index contributed by atoms with van der Waals surface area (Å²) in [5.41, 5.74) is 3.95. The SMILES string of the molecule is O=C(NC1CCCCCC1)[C@@H]1c2ccccc2C(=O)N2CCc3ccccc3[C@@H]12. The van der Waals surface area contributed by atoms with E-state index in [0.717, 1.165) is 30.4 Å². The summed E-state index contributed by atoms with van der Waals surface area (Å²) in [6.07, 6.45) is 7.85. The van der Waals surface area contributed by atoms with E-state index >= 15 is 0 Å². The van der Waals surface area contributed by atoms with E-state index in [4.69, 9.17) is 0 Å². The lowest BCUT2D eigenvalue weighted by atomic mass is 9.75. The maximum atomic E-state index is 13.7. The minimum atomic E-state index is -0.353. The number of amides is 2. The first-order valence-electron chi connectivity index (χ1n) is 11.0. The number of carbonyl (C=O) groups excluding carboxylic acids is 2. The molecule has 2 amide bonds. The van der Waals surface area contributed by atoms with Crippen LogP contribution in [0.2, 0.25) is 0 Å². The summed E-state index contributed by atoms with van der Waals surface area (Å²) in [6, 6.07) is 16.0. The molecule has 2 heterocycles. The molecule has 2 aliphatic heterocycles. The average molecular weight is 389 g/mol. The fourth-order valence-electron chi connectivity index (χ4n) is 5.47. The molecular weight excluding hydrogens is 360 g/mol. The highest BCUT2D eigenvalue weighted by Gasteiger charge is 2.46. The van der Waals surface area contributed by atoms with Gasteiger partial charge in [0.2, 0.25) is 5.91 Å². The topological polar surface area (TPSA) is 49.4 Å². The van der Waals surface area contributed by atoms with Crippen LogP contribution in [0, 0.1) is 0 Å². The molecule has 0 radical (unpaired) electrons. The Morgan fingerprint density at radius 1 is 0.897 bits per heavy atom. The zero-order valence-corrected chi connectivity index (χ0v) is 16.8. The van der Waals surface area contributed by atoms with Gasteiger partial charge in [-0.2, -0.15) is 0 Å². The number of hydrogen-bond acceptors (Lipinski definition) is 2. The van der Waals surface area contributed by atoms with Gasteiger partial charge in [-0.25, -0.2) is 0 Å². The summed E-state index contributed by atoms with van der Waals surface area (Å²) in [4.78, 5) is 28.9. The monoisotopic (exact) mass is 388 g/mol. The molecule has 0 unspecified atom stereocenters. The van der Waals surface area contributed by atoms with Gasteiger partial charge in [0.25, 0.3) is 5.91 Å². The zero-order valence-electron chi connectivity index (χ0n) is 16.8. The van der Waals surface area contributed by atoms with E-state index < -0.39 is 0 Å². The van der Waals surface area contributed by atoms with Crippen LogP contribution in [0.25, 0.3) is 0 Å². The third-order valence-corrected chi connectivity index (χ3v) is 6.92. The molecule has 2 aromatic carbocycles. The fraction of sp³-hybridized carbons (Fsp3) is 0.440. The van der Waals surface area contributed by atoms with E-state index in [0.29, 0.717) is 12.1 Å². The standard InChI is InChI=1S/C25H28N2O2/c28-24(26-18-10-3-1-2-4-11-18)22-20-13-7-8-14-21(20)25(29)27-16-15-17-9-5-6-12-19(17)23(22)27/h5-9,12-14,18,22-23H,1-4,10-11,15-16H2,(H,26,28)/t22-,23+/m1/s1. The van der Waals surface area contributed by atoms with E-state index in [1.807, 2.05) is 41.3 Å². The Labute approximate surface area is 172 Å². The lowest BCUT2D eigenvalue weighted by Crippen LogP contribution is -2.51. The summed E-state index contributed by atoms with van der Waals surface area (Å²) < 4.78 is 0. The zero-order chi connectivity index (χ0) is 19.8. The number of hydrogen-bond donors (Lipinski definition) is 1. The Balaban J connectivity index is 1.56. The summed E-state index contributed by atoms with van der Waals surface area (Å²) in [5.74, 6) is -0.226. The van der Waals surface area contributed by atoms with Crippen LogP contribution in [0.4, 0.5) is 0 Å². The fourth-order valence-corrected chi connectivity index (χ4v) is 5.47. The molecule has 1 aliphatic carbocycles. The first-order valence-corrected chi connectivity index (χ1v) is 11.0. The minimum Gasteiger partial charge on any atom is -0.353 e. The van der Waals surface area contributed by atoms with Crippen molar-refractivity contribution in [2.75, 3.05) is 6.54 Å². The molecule has 29 heavy (non-hydrogen) atoms. The van der Waals surface area contributed by atoms with Gasteiger partial charge < -0.3 is 10.2 Å². The molecule has 5 rings (SSSR count). The van der Waals surface area contributed by atoms with Gasteiger partial charge in [0.1, 0.15) is 0 Å². The Kier molecular flexibility index (Phi) is 4.86. The molecular formula is C25H28N2O2. The normalized spacial score (nSPS) is 24.1. The summed E-state index contributed by atoms with van der Waals surface area (Å²) >= 11 is 0. The third kappa shape index (κ3) is 3.25. The quantitative estimate of drug-likeness (QED) is 0.777. The lowest BCUT2D eigenvalue weighted by molar-refractivity contribution is -0.125. The number of fused-ring (bicyclic) bond motifs is 4. The molecule has 4 heteroatoms. The van der Waals surface area contributed by atoms with Crippen molar-refractivity contribution in [3.63, 3.8) is 0 Å². The first kappa shape index (κ1) is 18.4. The molecule has 2 atom stereocenters. The molecule has 0 saturated heterocycles. The molecule has 0 aromatic heterocycles. The van der Waals surface area contributed by atoms with Crippen molar-refractivity contribution >= 4 is 11.8 Å². The predicted octanol–water partition coefficient (Wildman–Crippen LogP) is 4.36. The first-order chi connectivity index (χ1) is 14.2. The molecule has 150 valence electrons. The maximum absolute atomic E-state index is 13.7. The van der Waals surface area contributed by atoms with Crippen LogP contribution in [0.5, 0.6) is 0 Å². The maximum Gasteiger partial charge on any atom is 0.254 e. The van der Waals surface area contributed by atoms with Crippen LogP contribution in [0.15, 0.2) is 48.5 Å². The van der Waals surface area contributed by atoms with Crippen LogP contribution in [-0.4, -0.2) is 29.3 Å². The highest BCUT2D eigenvalue weighted by atomic mass is 16.2. The molecule has 0 spiro atoms. The average Bonchev–Trinajstić information content (AvgIpc) is 3.02. The van der Waals surface area contributed by atoms with Crippen molar-refractivity contribution in [3.8, 4) is 0 Å². The Morgan fingerprint density at radius 2 is 1.59 bits per heavy atom. The van der Waals surface area contributed by atoms with E-state index in [1.54, 1.807) is 0 Å². The highest BCUT2D eigenvalue weighted by Crippen LogP contribution is 2.46. The predicted molar refractivity (Wildman–Crippen MR) is 113 cm³/mol. The van der Waals surface area contributed by atoms with Gasteiger partial charge in [0, 0.05) is 18.2 Å². The third-order valence-electron chi connectivity index (χ3n) is 6.92. The second-order valence-electron chi connectivity index (χ2n) is 8.65. The molecule has 4 nitrogen and oxygen atoms in total. The Hall–Kier alpha value is -2.62. The smallest absolute Gasteiger partial charge is 0.254 e. The van der Waals surface area contributed by atoms with Gasteiger partial charge in [-0.3, -0.25) is 9.59 Å². The molecule has 0 bridgehead atoms. The van der Waals surface area contributed by atoms with E-state index in [2.05, 4.69) is 17.4 Å². The van der Waals surface area contributed by atoms with Crippen molar-refractivity contribution in [2.24, 2.45) is 0 Å². The van der Waals surface area contributed by atoms with Crippen molar-refractivity contribution in [2.45, 2.75) is 62.9 Å². The van der Waals surface area contributed by atoms with Gasteiger partial charge in [-0.1, -0.05) is 68.1 Å². The van der Waals surface area contributed by atoms with Crippen molar-refractivity contribution in [3.05, 3.63) is 70.8 Å². The largest absolute Gasteiger partial charge is 0.353 e. The van der Waals surface area contributed by atoms with Crippen molar-refractivity contribution in [1.29, 1.82) is 0 Å². The summed E-state index contributed by atoms with van der Waals surface area (Å²) in [5, 5.41) is 3.37. The number of rotatable bonds is 2. The second-order valence-corrected chi connectivity index (χ2v) is 8.65. The van der Waals surface area contributed by atoms with Gasteiger partial charge in [-0.05, 0) is 42.0 Å². The van der Waals surface area contributed by atoms with E-state index in [1.165, 1.54) is 31.2 Å². The molecule has 2 aromatic rings. The van der Waals surface area contributed by atoms with E-state index in [9.17, 15) is 9.59 Å². The van der Waals surface area contributed by atoms with Crippen LogP contribution < -0.4 is 5.32 Å². The Morgan fingerprint density at radius 3 is 2.38 bits per heavy atom. The number of nitrogens with one attached hydrogen (secondary N) is 1. The van der Waals surface area contributed by atoms with Gasteiger partial charge in [0.15, 0.2) is 0 Å². The molecule has 1 N–H and O–H groups in total.